The summed E-state index contributed by atoms with van der Waals surface area (Å²) in [6.45, 7) is 1.61. The molecule has 3 aromatic rings. The van der Waals surface area contributed by atoms with Gasteiger partial charge < -0.3 is 4.74 Å². The average molecular weight is 343 g/mol. The minimum absolute atomic E-state index is 0.00828. The third-order valence-electron chi connectivity index (χ3n) is 3.24. The molecule has 122 valence electrons. The quantitative estimate of drug-likeness (QED) is 0.565. The van der Waals surface area contributed by atoms with E-state index < -0.39 is 4.92 Å². The van der Waals surface area contributed by atoms with Crippen LogP contribution in [-0.4, -0.2) is 22.4 Å². The smallest absolute Gasteiger partial charge is 0.271 e. The van der Waals surface area contributed by atoms with E-state index in [0.29, 0.717) is 26.7 Å². The van der Waals surface area contributed by atoms with E-state index in [0.717, 1.165) is 0 Å². The summed E-state index contributed by atoms with van der Waals surface area (Å²) < 4.78 is 6.02. The van der Waals surface area contributed by atoms with Crippen molar-refractivity contribution in [3.05, 3.63) is 58.1 Å². The summed E-state index contributed by atoms with van der Waals surface area (Å²) in [5, 5.41) is 13.9. The lowest BCUT2D eigenvalue weighted by Gasteiger charge is -2.04. The summed E-state index contributed by atoms with van der Waals surface area (Å²) in [7, 11) is 0. The molecule has 0 saturated carbocycles. The van der Waals surface area contributed by atoms with Crippen LogP contribution in [0.2, 0.25) is 0 Å². The fourth-order valence-corrected chi connectivity index (χ4v) is 3.15. The lowest BCUT2D eigenvalue weighted by molar-refractivity contribution is -0.384. The number of amides is 1. The molecule has 0 bridgehead atoms. The Balaban J connectivity index is 1.72. The molecule has 2 aromatic carbocycles. The molecule has 0 spiro atoms. The first kappa shape index (κ1) is 15.9. The Kier molecular flexibility index (Phi) is 4.39. The zero-order valence-electron chi connectivity index (χ0n) is 12.7. The molecule has 0 fully saturated rings. The Hall–Kier alpha value is -3.00. The summed E-state index contributed by atoms with van der Waals surface area (Å²) in [5.74, 6) is 0.258. The number of benzene rings is 2. The molecule has 3 rings (SSSR count). The van der Waals surface area contributed by atoms with Gasteiger partial charge in [0.25, 0.3) is 11.6 Å². The average Bonchev–Trinajstić information content (AvgIpc) is 2.97. The maximum atomic E-state index is 11.9. The number of para-hydroxylation sites is 1. The van der Waals surface area contributed by atoms with E-state index in [1.165, 1.54) is 23.5 Å². The SMILES string of the molecule is Cc1cc([N+](=O)[O-])cc2sc(NC(=O)COc3ccccc3)nc12. The largest absolute Gasteiger partial charge is 0.484 e. The monoisotopic (exact) mass is 343 g/mol. The molecule has 0 unspecified atom stereocenters. The van der Waals surface area contributed by atoms with Crippen molar-refractivity contribution in [3.8, 4) is 5.75 Å². The summed E-state index contributed by atoms with van der Waals surface area (Å²) in [5.41, 5.74) is 1.34. The predicted molar refractivity (Wildman–Crippen MR) is 91.6 cm³/mol. The van der Waals surface area contributed by atoms with Crippen LogP contribution < -0.4 is 10.1 Å². The number of aryl methyl sites for hydroxylation is 1. The van der Waals surface area contributed by atoms with Gasteiger partial charge in [-0.25, -0.2) is 4.98 Å². The lowest BCUT2D eigenvalue weighted by atomic mass is 10.2. The lowest BCUT2D eigenvalue weighted by Crippen LogP contribution is -2.19. The van der Waals surface area contributed by atoms with Crippen LogP contribution in [0.3, 0.4) is 0 Å². The number of nitrogens with one attached hydrogen (secondary N) is 1. The normalized spacial score (nSPS) is 10.5. The van der Waals surface area contributed by atoms with Crippen molar-refractivity contribution in [1.82, 2.24) is 4.98 Å². The minimum Gasteiger partial charge on any atom is -0.484 e. The number of non-ortho nitro benzene ring substituents is 1. The molecule has 0 aliphatic rings. The van der Waals surface area contributed by atoms with Crippen LogP contribution in [0.1, 0.15) is 5.56 Å². The summed E-state index contributed by atoms with van der Waals surface area (Å²) in [6.07, 6.45) is 0. The predicted octanol–water partition coefficient (Wildman–Crippen LogP) is 3.53. The number of anilines is 1. The number of nitro groups is 1. The number of nitrogens with zero attached hydrogens (tertiary/aromatic N) is 2. The zero-order chi connectivity index (χ0) is 17.1. The molecule has 0 aliphatic heterocycles. The first-order chi connectivity index (χ1) is 11.5. The number of aromatic nitrogens is 1. The summed E-state index contributed by atoms with van der Waals surface area (Å²) in [6, 6.07) is 11.9. The van der Waals surface area contributed by atoms with E-state index in [4.69, 9.17) is 4.74 Å². The van der Waals surface area contributed by atoms with Gasteiger partial charge in [-0.2, -0.15) is 0 Å². The summed E-state index contributed by atoms with van der Waals surface area (Å²) in [4.78, 5) is 26.7. The number of ether oxygens (including phenoxy) is 1. The molecule has 8 heteroatoms. The highest BCUT2D eigenvalue weighted by Crippen LogP contribution is 2.31. The fourth-order valence-electron chi connectivity index (χ4n) is 2.16. The van der Waals surface area contributed by atoms with Gasteiger partial charge in [0.1, 0.15) is 5.75 Å². The number of hydrogen-bond donors (Lipinski definition) is 1. The first-order valence-electron chi connectivity index (χ1n) is 7.06. The molecular weight excluding hydrogens is 330 g/mol. The minimum atomic E-state index is -0.446. The second-order valence-electron chi connectivity index (χ2n) is 5.04. The number of nitro benzene ring substituents is 1. The molecule has 0 saturated heterocycles. The number of hydrogen-bond acceptors (Lipinski definition) is 6. The van der Waals surface area contributed by atoms with Crippen LogP contribution in [0.15, 0.2) is 42.5 Å². The van der Waals surface area contributed by atoms with Gasteiger partial charge >= 0.3 is 0 Å². The van der Waals surface area contributed by atoms with E-state index in [9.17, 15) is 14.9 Å². The van der Waals surface area contributed by atoms with Crippen LogP contribution in [0, 0.1) is 17.0 Å². The van der Waals surface area contributed by atoms with Crippen LogP contribution in [0.4, 0.5) is 10.8 Å². The maximum absolute atomic E-state index is 11.9. The Morgan fingerprint density at radius 1 is 1.33 bits per heavy atom. The second kappa shape index (κ2) is 6.63. The van der Waals surface area contributed by atoms with Crippen molar-refractivity contribution >= 4 is 38.3 Å². The Morgan fingerprint density at radius 2 is 2.08 bits per heavy atom. The molecule has 1 aromatic heterocycles. The van der Waals surface area contributed by atoms with Gasteiger partial charge in [0.15, 0.2) is 11.7 Å². The number of carbonyl (C=O) groups is 1. The molecule has 1 N–H and O–H groups in total. The zero-order valence-corrected chi connectivity index (χ0v) is 13.5. The van der Waals surface area contributed by atoms with Gasteiger partial charge in [0.2, 0.25) is 0 Å². The van der Waals surface area contributed by atoms with Gasteiger partial charge in [-0.3, -0.25) is 20.2 Å². The van der Waals surface area contributed by atoms with Crippen LogP contribution in [0.25, 0.3) is 10.2 Å². The number of rotatable bonds is 5. The van der Waals surface area contributed by atoms with Gasteiger partial charge in [0.05, 0.1) is 15.1 Å². The second-order valence-corrected chi connectivity index (χ2v) is 6.07. The van der Waals surface area contributed by atoms with Crippen molar-refractivity contribution in [2.45, 2.75) is 6.92 Å². The van der Waals surface area contributed by atoms with E-state index in [1.54, 1.807) is 19.1 Å². The fraction of sp³-hybridized carbons (Fsp3) is 0.125. The van der Waals surface area contributed by atoms with Gasteiger partial charge in [0, 0.05) is 12.1 Å². The highest BCUT2D eigenvalue weighted by atomic mass is 32.1. The molecule has 1 amide bonds. The highest BCUT2D eigenvalue weighted by Gasteiger charge is 2.15. The summed E-state index contributed by atoms with van der Waals surface area (Å²) >= 11 is 1.19. The number of fused-ring (bicyclic) bond motifs is 1. The van der Waals surface area contributed by atoms with Crippen LogP contribution >= 0.6 is 11.3 Å². The number of thiazole rings is 1. The molecule has 7 nitrogen and oxygen atoms in total. The van der Waals surface area contributed by atoms with Gasteiger partial charge in [-0.15, -0.1) is 0 Å². The number of carbonyl (C=O) groups excluding carboxylic acids is 1. The molecule has 0 atom stereocenters. The Morgan fingerprint density at radius 3 is 2.79 bits per heavy atom. The first-order valence-corrected chi connectivity index (χ1v) is 7.88. The molecule has 0 aliphatic carbocycles. The van der Waals surface area contributed by atoms with E-state index in [1.807, 2.05) is 18.2 Å². The van der Waals surface area contributed by atoms with Gasteiger partial charge in [-0.1, -0.05) is 29.5 Å². The van der Waals surface area contributed by atoms with Crippen molar-refractivity contribution < 1.29 is 14.5 Å². The molecule has 24 heavy (non-hydrogen) atoms. The highest BCUT2D eigenvalue weighted by molar-refractivity contribution is 7.22. The van der Waals surface area contributed by atoms with Crippen molar-refractivity contribution in [2.75, 3.05) is 11.9 Å². The Labute approximate surface area is 141 Å². The standard InChI is InChI=1S/C16H13N3O4S/c1-10-7-11(19(21)22)8-13-15(10)18-16(24-13)17-14(20)9-23-12-5-3-2-4-6-12/h2-8H,9H2,1H3,(H,17,18,20). The van der Waals surface area contributed by atoms with Crippen molar-refractivity contribution in [3.63, 3.8) is 0 Å². The Bertz CT molecular complexity index is 908. The van der Waals surface area contributed by atoms with E-state index in [2.05, 4.69) is 10.3 Å². The third-order valence-corrected chi connectivity index (χ3v) is 4.16. The third kappa shape index (κ3) is 3.49. The van der Waals surface area contributed by atoms with Gasteiger partial charge in [-0.05, 0) is 24.6 Å². The molecule has 1 heterocycles. The van der Waals surface area contributed by atoms with Crippen LogP contribution in [-0.2, 0) is 4.79 Å². The van der Waals surface area contributed by atoms with Crippen molar-refractivity contribution in [2.24, 2.45) is 0 Å². The topological polar surface area (TPSA) is 94.4 Å². The maximum Gasteiger partial charge on any atom is 0.271 e. The van der Waals surface area contributed by atoms with Crippen LogP contribution in [0.5, 0.6) is 5.75 Å². The molecule has 0 radical (unpaired) electrons. The van der Waals surface area contributed by atoms with E-state index in [-0.39, 0.29) is 18.2 Å². The van der Waals surface area contributed by atoms with E-state index >= 15 is 0 Å². The van der Waals surface area contributed by atoms with Crippen molar-refractivity contribution in [1.29, 1.82) is 0 Å². The molecular formula is C16H13N3O4S.